The topological polar surface area (TPSA) is 52.6 Å². The van der Waals surface area contributed by atoms with Crippen LogP contribution in [0.25, 0.3) is 21.6 Å². The first kappa shape index (κ1) is 18.1. The minimum absolute atomic E-state index is 0.192. The number of fused-ring (bicyclic) bond motifs is 1. The van der Waals surface area contributed by atoms with Crippen molar-refractivity contribution in [1.82, 2.24) is 0 Å². The zero-order valence-corrected chi connectivity index (χ0v) is 15.2. The largest absolute Gasteiger partial charge is 0.462 e. The summed E-state index contributed by atoms with van der Waals surface area (Å²) in [4.78, 5) is 25.9. The van der Waals surface area contributed by atoms with Gasteiger partial charge in [-0.25, -0.2) is 9.59 Å². The summed E-state index contributed by atoms with van der Waals surface area (Å²) in [6.45, 7) is 3.80. The van der Waals surface area contributed by atoms with Crippen molar-refractivity contribution in [3.05, 3.63) is 58.7 Å². The van der Waals surface area contributed by atoms with Crippen LogP contribution in [0.15, 0.2) is 42.5 Å². The highest BCUT2D eigenvalue weighted by Gasteiger charge is 2.33. The van der Waals surface area contributed by atoms with E-state index in [1.165, 1.54) is 6.07 Å². The van der Waals surface area contributed by atoms with Crippen molar-refractivity contribution in [1.29, 1.82) is 0 Å². The van der Waals surface area contributed by atoms with Gasteiger partial charge in [0.2, 0.25) is 0 Å². The molecule has 0 spiro atoms. The van der Waals surface area contributed by atoms with Crippen LogP contribution in [-0.2, 0) is 9.47 Å². The summed E-state index contributed by atoms with van der Waals surface area (Å²) in [7, 11) is 0. The second kappa shape index (κ2) is 7.66. The molecule has 1 heterocycles. The molecule has 0 N–H and O–H groups in total. The average molecular weight is 372 g/mol. The number of carbonyl (C=O) groups excluding carboxylic acids is 2. The number of halogens is 1. The Hall–Kier alpha value is -2.73. The van der Waals surface area contributed by atoms with Gasteiger partial charge in [0.25, 0.3) is 0 Å². The zero-order chi connectivity index (χ0) is 18.7. The standard InChI is InChI=1S/C20H17FO4S/c1-3-24-19(22)16-12-8-6-5-7-9-13(12)17(20(23)25-4-2)18(16)14-10-11-15(21)26-14/h5-11H,3-4H2,1-2H3. The molecule has 1 aromatic heterocycles. The van der Waals surface area contributed by atoms with E-state index in [-0.39, 0.29) is 24.3 Å². The summed E-state index contributed by atoms with van der Waals surface area (Å²) in [6, 6.07) is 11.7. The maximum atomic E-state index is 13.7. The molecule has 0 saturated carbocycles. The zero-order valence-electron chi connectivity index (χ0n) is 14.4. The summed E-state index contributed by atoms with van der Waals surface area (Å²) in [5.41, 5.74) is 2.00. The molecule has 4 nitrogen and oxygen atoms in total. The molecule has 26 heavy (non-hydrogen) atoms. The molecule has 0 saturated heterocycles. The highest BCUT2D eigenvalue weighted by molar-refractivity contribution is 7.14. The lowest BCUT2D eigenvalue weighted by Crippen LogP contribution is -2.08. The van der Waals surface area contributed by atoms with Gasteiger partial charge in [-0.3, -0.25) is 0 Å². The van der Waals surface area contributed by atoms with Crippen molar-refractivity contribution in [2.45, 2.75) is 13.8 Å². The van der Waals surface area contributed by atoms with Crippen LogP contribution in [-0.4, -0.2) is 25.2 Å². The first-order chi connectivity index (χ1) is 12.6. The van der Waals surface area contributed by atoms with Crippen LogP contribution in [0.5, 0.6) is 0 Å². The number of thiophene rings is 1. The highest BCUT2D eigenvalue weighted by Crippen LogP contribution is 2.45. The van der Waals surface area contributed by atoms with Gasteiger partial charge in [0.05, 0.1) is 24.3 Å². The predicted molar refractivity (Wildman–Crippen MR) is 98.2 cm³/mol. The molecule has 0 aliphatic heterocycles. The Morgan fingerprint density at radius 1 is 0.885 bits per heavy atom. The third-order valence-corrected chi connectivity index (χ3v) is 4.75. The molecule has 3 rings (SSSR count). The van der Waals surface area contributed by atoms with E-state index in [2.05, 4.69) is 0 Å². The summed E-state index contributed by atoms with van der Waals surface area (Å²) in [5, 5.41) is -0.402. The summed E-state index contributed by atoms with van der Waals surface area (Å²) in [6.07, 6.45) is 0. The second-order valence-corrected chi connectivity index (χ2v) is 6.44. The fourth-order valence-corrected chi connectivity index (χ4v) is 3.69. The SMILES string of the molecule is CCOC(=O)c1c2cccccc-2c(C(=O)OCC)c1-c1ccc(F)s1. The Bertz CT molecular complexity index is 879. The Kier molecular flexibility index (Phi) is 5.32. The Morgan fingerprint density at radius 2 is 1.42 bits per heavy atom. The van der Waals surface area contributed by atoms with E-state index in [1.54, 1.807) is 50.2 Å². The first-order valence-corrected chi connectivity index (χ1v) is 9.04. The molecule has 0 radical (unpaired) electrons. The van der Waals surface area contributed by atoms with Gasteiger partial charge >= 0.3 is 11.9 Å². The number of esters is 2. The van der Waals surface area contributed by atoms with Crippen LogP contribution in [0.2, 0.25) is 0 Å². The lowest BCUT2D eigenvalue weighted by Gasteiger charge is -2.06. The number of hydrogen-bond acceptors (Lipinski definition) is 5. The average Bonchev–Trinajstić information content (AvgIpc) is 3.08. The Morgan fingerprint density at radius 3 is 1.85 bits per heavy atom. The van der Waals surface area contributed by atoms with Crippen molar-refractivity contribution in [3.8, 4) is 21.6 Å². The maximum Gasteiger partial charge on any atom is 0.339 e. The van der Waals surface area contributed by atoms with Gasteiger partial charge < -0.3 is 9.47 Å². The molecule has 134 valence electrons. The molecule has 0 unspecified atom stereocenters. The van der Waals surface area contributed by atoms with E-state index in [1.807, 2.05) is 0 Å². The first-order valence-electron chi connectivity index (χ1n) is 8.23. The van der Waals surface area contributed by atoms with E-state index in [4.69, 9.17) is 9.47 Å². The van der Waals surface area contributed by atoms with Gasteiger partial charge in [0, 0.05) is 10.4 Å². The van der Waals surface area contributed by atoms with Gasteiger partial charge in [-0.1, -0.05) is 30.3 Å². The van der Waals surface area contributed by atoms with Crippen LogP contribution >= 0.6 is 11.3 Å². The quantitative estimate of drug-likeness (QED) is 0.591. The van der Waals surface area contributed by atoms with Crippen LogP contribution in [0.3, 0.4) is 0 Å². The minimum atomic E-state index is -0.553. The van der Waals surface area contributed by atoms with Crippen molar-refractivity contribution < 1.29 is 23.5 Å². The van der Waals surface area contributed by atoms with E-state index < -0.39 is 17.1 Å². The minimum Gasteiger partial charge on any atom is -0.462 e. The number of hydrogen-bond donors (Lipinski definition) is 0. The third kappa shape index (κ3) is 3.20. The van der Waals surface area contributed by atoms with Gasteiger partial charge in [-0.05, 0) is 37.1 Å². The maximum absolute atomic E-state index is 13.7. The molecule has 1 aromatic rings. The molecule has 2 aliphatic carbocycles. The fourth-order valence-electron chi connectivity index (χ4n) is 2.90. The van der Waals surface area contributed by atoms with Crippen LogP contribution in [0.4, 0.5) is 4.39 Å². The van der Waals surface area contributed by atoms with Crippen LogP contribution in [0.1, 0.15) is 34.6 Å². The molecule has 0 fully saturated rings. The molecule has 0 aromatic carbocycles. The summed E-state index contributed by atoms with van der Waals surface area (Å²) in [5.74, 6) is -1.11. The summed E-state index contributed by atoms with van der Waals surface area (Å²) >= 11 is 0.871. The van der Waals surface area contributed by atoms with E-state index in [0.29, 0.717) is 21.6 Å². The molecule has 0 bridgehead atoms. The normalized spacial score (nSPS) is 10.7. The van der Waals surface area contributed by atoms with Crippen molar-refractivity contribution in [3.63, 3.8) is 0 Å². The van der Waals surface area contributed by atoms with Crippen molar-refractivity contribution in [2.24, 2.45) is 0 Å². The number of rotatable bonds is 5. The lowest BCUT2D eigenvalue weighted by molar-refractivity contribution is 0.0525. The van der Waals surface area contributed by atoms with Gasteiger partial charge in [0.1, 0.15) is 0 Å². The van der Waals surface area contributed by atoms with Gasteiger partial charge in [-0.2, -0.15) is 4.39 Å². The van der Waals surface area contributed by atoms with Crippen molar-refractivity contribution >= 4 is 23.3 Å². The van der Waals surface area contributed by atoms with Gasteiger partial charge in [-0.15, -0.1) is 11.3 Å². The molecular weight excluding hydrogens is 355 g/mol. The fraction of sp³-hybridized carbons (Fsp3) is 0.200. The molecular formula is C20H17FO4S. The monoisotopic (exact) mass is 372 g/mol. The van der Waals surface area contributed by atoms with E-state index >= 15 is 0 Å². The summed E-state index contributed by atoms with van der Waals surface area (Å²) < 4.78 is 24.1. The molecule has 2 aliphatic rings. The van der Waals surface area contributed by atoms with Gasteiger partial charge in [0.15, 0.2) is 5.13 Å². The smallest absolute Gasteiger partial charge is 0.339 e. The second-order valence-electron chi connectivity index (χ2n) is 5.41. The van der Waals surface area contributed by atoms with E-state index in [0.717, 1.165) is 11.3 Å². The Balaban J connectivity index is 2.39. The molecule has 6 heteroatoms. The molecule has 0 atom stereocenters. The predicted octanol–water partition coefficient (Wildman–Crippen LogP) is 5.01. The van der Waals surface area contributed by atoms with Crippen LogP contribution in [0, 0.1) is 5.13 Å². The third-order valence-electron chi connectivity index (χ3n) is 3.86. The van der Waals surface area contributed by atoms with Crippen LogP contribution < -0.4 is 0 Å². The lowest BCUT2D eigenvalue weighted by atomic mass is 10.1. The molecule has 0 amide bonds. The Labute approximate surface area is 154 Å². The number of ether oxygens (including phenoxy) is 2. The van der Waals surface area contributed by atoms with E-state index in [9.17, 15) is 14.0 Å². The van der Waals surface area contributed by atoms with Crippen molar-refractivity contribution in [2.75, 3.05) is 13.2 Å². The highest BCUT2D eigenvalue weighted by atomic mass is 32.1. The number of carbonyl (C=O) groups is 2.